The lowest BCUT2D eigenvalue weighted by Gasteiger charge is -2.19. The first-order valence-corrected chi connectivity index (χ1v) is 11.2. The zero-order chi connectivity index (χ0) is 25.8. The normalized spacial score (nSPS) is 11.0. The monoisotopic (exact) mass is 501 g/mol. The van der Waals surface area contributed by atoms with Crippen molar-refractivity contribution in [3.8, 4) is 11.5 Å². The fourth-order valence-corrected chi connectivity index (χ4v) is 3.12. The van der Waals surface area contributed by atoms with E-state index in [4.69, 9.17) is 14.2 Å². The van der Waals surface area contributed by atoms with Gasteiger partial charge in [-0.3, -0.25) is 9.59 Å². The summed E-state index contributed by atoms with van der Waals surface area (Å²) in [7, 11) is 3.05. The van der Waals surface area contributed by atoms with E-state index in [-0.39, 0.29) is 17.8 Å². The zero-order valence-electron chi connectivity index (χ0n) is 19.8. The van der Waals surface area contributed by atoms with E-state index in [0.717, 1.165) is 11.9 Å². The largest absolute Gasteiger partial charge is 0.493 e. The van der Waals surface area contributed by atoms with Crippen molar-refractivity contribution in [3.63, 3.8) is 0 Å². The van der Waals surface area contributed by atoms with Crippen molar-refractivity contribution in [2.75, 3.05) is 32.7 Å². The zero-order valence-corrected chi connectivity index (χ0v) is 20.6. The molecule has 2 aromatic rings. The smallest absolute Gasteiger partial charge is 0.340 e. The van der Waals surface area contributed by atoms with Crippen LogP contribution in [0.5, 0.6) is 11.5 Å². The number of nitrogens with zero attached hydrogens (tertiary/aromatic N) is 1. The van der Waals surface area contributed by atoms with Crippen LogP contribution in [-0.2, 0) is 14.3 Å². The van der Waals surface area contributed by atoms with Gasteiger partial charge in [-0.05, 0) is 49.8 Å². The van der Waals surface area contributed by atoms with Gasteiger partial charge < -0.3 is 24.8 Å². The third kappa shape index (κ3) is 8.78. The minimum absolute atomic E-state index is 0.0919. The van der Waals surface area contributed by atoms with E-state index >= 15 is 0 Å². The number of anilines is 1. The van der Waals surface area contributed by atoms with Crippen LogP contribution in [0.15, 0.2) is 53.1 Å². The summed E-state index contributed by atoms with van der Waals surface area (Å²) in [5.74, 6) is -0.688. The maximum absolute atomic E-state index is 12.5. The Bertz CT molecular complexity index is 1100. The van der Waals surface area contributed by atoms with Crippen LogP contribution in [0.4, 0.5) is 5.69 Å². The molecule has 0 heterocycles. The molecule has 0 aliphatic rings. The summed E-state index contributed by atoms with van der Waals surface area (Å²) >= 11 is 0.800. The molecule has 2 N–H and O–H groups in total. The molecular weight excluding hydrogens is 474 g/mol. The SMILES string of the molecule is COc1ccc(C=CC(=O)Nc2ccccc2C(=O)OCC(=O)NCC(C)(C)SN=O)cc1OC. The summed E-state index contributed by atoms with van der Waals surface area (Å²) in [6.45, 7) is 3.13. The molecule has 0 aromatic heterocycles. The molecule has 2 aromatic carbocycles. The molecule has 0 saturated carbocycles. The maximum Gasteiger partial charge on any atom is 0.340 e. The summed E-state index contributed by atoms with van der Waals surface area (Å²) in [4.78, 5) is 47.3. The molecule has 2 amide bonds. The molecule has 0 unspecified atom stereocenters. The summed E-state index contributed by atoms with van der Waals surface area (Å²) < 4.78 is 17.7. The third-order valence-corrected chi connectivity index (χ3v) is 5.28. The van der Waals surface area contributed by atoms with Crippen LogP contribution in [0.2, 0.25) is 0 Å². The van der Waals surface area contributed by atoms with Crippen LogP contribution in [0, 0.1) is 4.91 Å². The molecule has 0 atom stereocenters. The first kappa shape index (κ1) is 27.4. The van der Waals surface area contributed by atoms with Crippen molar-refractivity contribution in [2.24, 2.45) is 4.58 Å². The number of benzene rings is 2. The number of carbonyl (C=O) groups is 3. The van der Waals surface area contributed by atoms with Crippen LogP contribution < -0.4 is 20.1 Å². The van der Waals surface area contributed by atoms with E-state index < -0.39 is 29.1 Å². The Morgan fingerprint density at radius 2 is 1.77 bits per heavy atom. The predicted molar refractivity (Wildman–Crippen MR) is 134 cm³/mol. The number of hydrogen-bond acceptors (Lipinski definition) is 9. The molecular formula is C24H27N3O7S. The van der Waals surface area contributed by atoms with Gasteiger partial charge >= 0.3 is 5.97 Å². The van der Waals surface area contributed by atoms with Crippen molar-refractivity contribution < 1.29 is 28.6 Å². The molecule has 0 radical (unpaired) electrons. The number of para-hydroxylation sites is 1. The Balaban J connectivity index is 1.98. The van der Waals surface area contributed by atoms with Gasteiger partial charge in [0.05, 0.1) is 30.2 Å². The molecule has 11 heteroatoms. The molecule has 186 valence electrons. The fraction of sp³-hybridized carbons (Fsp3) is 0.292. The molecule has 0 bridgehead atoms. The lowest BCUT2D eigenvalue weighted by molar-refractivity contribution is -0.124. The Kier molecular flexibility index (Phi) is 10.3. The number of nitroso groups, excluding NO2 is 1. The maximum atomic E-state index is 12.5. The van der Waals surface area contributed by atoms with Gasteiger partial charge in [-0.1, -0.05) is 18.2 Å². The molecule has 0 saturated heterocycles. The predicted octanol–water partition coefficient (Wildman–Crippen LogP) is 3.82. The second-order valence-electron chi connectivity index (χ2n) is 7.76. The Morgan fingerprint density at radius 3 is 2.46 bits per heavy atom. The number of ether oxygens (including phenoxy) is 3. The second kappa shape index (κ2) is 13.1. The molecule has 0 aliphatic heterocycles. The van der Waals surface area contributed by atoms with Crippen molar-refractivity contribution in [2.45, 2.75) is 18.6 Å². The van der Waals surface area contributed by atoms with Crippen LogP contribution in [0.3, 0.4) is 0 Å². The quantitative estimate of drug-likeness (QED) is 0.194. The van der Waals surface area contributed by atoms with Gasteiger partial charge in [0.15, 0.2) is 18.1 Å². The summed E-state index contributed by atoms with van der Waals surface area (Å²) in [6.07, 6.45) is 2.90. The highest BCUT2D eigenvalue weighted by molar-refractivity contribution is 7.99. The highest BCUT2D eigenvalue weighted by atomic mass is 32.2. The molecule has 2 rings (SSSR count). The number of nitrogens with one attached hydrogen (secondary N) is 2. The van der Waals surface area contributed by atoms with E-state index in [9.17, 15) is 19.3 Å². The third-order valence-electron chi connectivity index (χ3n) is 4.57. The fourth-order valence-electron chi connectivity index (χ4n) is 2.78. The van der Waals surface area contributed by atoms with Gasteiger partial charge in [0, 0.05) is 29.2 Å². The highest BCUT2D eigenvalue weighted by Crippen LogP contribution is 2.28. The topological polar surface area (TPSA) is 132 Å². The van der Waals surface area contributed by atoms with E-state index in [1.54, 1.807) is 56.3 Å². The average Bonchev–Trinajstić information content (AvgIpc) is 2.84. The number of amides is 2. The van der Waals surface area contributed by atoms with Gasteiger partial charge in [0.25, 0.3) is 5.91 Å². The Hall–Kier alpha value is -3.86. The number of methoxy groups -OCH3 is 2. The van der Waals surface area contributed by atoms with Crippen molar-refractivity contribution >= 4 is 41.5 Å². The highest BCUT2D eigenvalue weighted by Gasteiger charge is 2.21. The van der Waals surface area contributed by atoms with E-state index in [0.29, 0.717) is 17.1 Å². The van der Waals surface area contributed by atoms with E-state index in [1.807, 2.05) is 0 Å². The van der Waals surface area contributed by atoms with Gasteiger partial charge in [0.1, 0.15) is 0 Å². The Morgan fingerprint density at radius 1 is 1.06 bits per heavy atom. The Labute approximate surface area is 207 Å². The summed E-state index contributed by atoms with van der Waals surface area (Å²) in [5, 5.41) is 5.21. The lowest BCUT2D eigenvalue weighted by Crippen LogP contribution is -2.38. The van der Waals surface area contributed by atoms with E-state index in [1.165, 1.54) is 26.4 Å². The summed E-state index contributed by atoms with van der Waals surface area (Å²) in [6, 6.07) is 11.5. The van der Waals surface area contributed by atoms with Crippen LogP contribution in [0.25, 0.3) is 6.08 Å². The molecule has 35 heavy (non-hydrogen) atoms. The number of rotatable bonds is 12. The van der Waals surface area contributed by atoms with Crippen LogP contribution >= 0.6 is 11.9 Å². The summed E-state index contributed by atoms with van der Waals surface area (Å²) in [5.41, 5.74) is 1.03. The van der Waals surface area contributed by atoms with Gasteiger partial charge in [-0.2, -0.15) is 0 Å². The van der Waals surface area contributed by atoms with Crippen molar-refractivity contribution in [1.29, 1.82) is 0 Å². The molecule has 0 spiro atoms. The van der Waals surface area contributed by atoms with Crippen molar-refractivity contribution in [1.82, 2.24) is 5.32 Å². The first-order chi connectivity index (χ1) is 16.7. The van der Waals surface area contributed by atoms with E-state index in [2.05, 4.69) is 15.2 Å². The minimum atomic E-state index is -0.775. The van der Waals surface area contributed by atoms with Gasteiger partial charge in [-0.15, -0.1) is 4.91 Å². The molecule has 0 fully saturated rings. The average molecular weight is 502 g/mol. The van der Waals surface area contributed by atoms with Crippen LogP contribution in [-0.4, -0.2) is 49.9 Å². The second-order valence-corrected chi connectivity index (χ2v) is 9.20. The molecule has 10 nitrogen and oxygen atoms in total. The molecule has 0 aliphatic carbocycles. The number of carbonyl (C=O) groups excluding carboxylic acids is 3. The minimum Gasteiger partial charge on any atom is -0.493 e. The standard InChI is InChI=1S/C24H27N3O7S/c1-24(2,35-27-31)15-25-22(29)14-34-23(30)17-7-5-6-8-18(17)26-21(28)12-10-16-9-11-19(32-3)20(13-16)33-4/h5-13H,14-15H2,1-4H3,(H,25,29)(H,26,28). The van der Waals surface area contributed by atoms with Gasteiger partial charge in [-0.25, -0.2) is 4.79 Å². The van der Waals surface area contributed by atoms with Crippen molar-refractivity contribution in [3.05, 3.63) is 64.6 Å². The number of hydrogen-bond donors (Lipinski definition) is 2. The van der Waals surface area contributed by atoms with Gasteiger partial charge in [0.2, 0.25) is 5.91 Å². The van der Waals surface area contributed by atoms with Crippen LogP contribution in [0.1, 0.15) is 29.8 Å². The number of esters is 1. The first-order valence-electron chi connectivity index (χ1n) is 10.4. The lowest BCUT2D eigenvalue weighted by atomic mass is 10.1.